The van der Waals surface area contributed by atoms with Gasteiger partial charge in [0.2, 0.25) is 0 Å². The lowest BCUT2D eigenvalue weighted by Gasteiger charge is -2.21. The lowest BCUT2D eigenvalue weighted by molar-refractivity contribution is 0.0755. The topological polar surface area (TPSA) is 55.5 Å². The lowest BCUT2D eigenvalue weighted by atomic mass is 10.1. The summed E-state index contributed by atoms with van der Waals surface area (Å²) in [5.74, 6) is -0.409. The van der Waals surface area contributed by atoms with Crippen molar-refractivity contribution in [1.82, 2.24) is 9.47 Å². The third-order valence-corrected chi connectivity index (χ3v) is 3.31. The van der Waals surface area contributed by atoms with E-state index in [-0.39, 0.29) is 5.91 Å². The van der Waals surface area contributed by atoms with Gasteiger partial charge in [-0.15, -0.1) is 0 Å². The average Bonchev–Trinajstić information content (AvgIpc) is 2.73. The van der Waals surface area contributed by atoms with Gasteiger partial charge in [-0.1, -0.05) is 13.8 Å². The first-order chi connectivity index (χ1) is 9.58. The summed E-state index contributed by atoms with van der Waals surface area (Å²) in [4.78, 5) is 25.8. The minimum atomic E-state index is -0.413. The van der Waals surface area contributed by atoms with Gasteiger partial charge in [-0.2, -0.15) is 0 Å². The van der Waals surface area contributed by atoms with Crippen LogP contribution in [0, 0.1) is 0 Å². The molecule has 108 valence electrons. The van der Waals surface area contributed by atoms with E-state index in [9.17, 15) is 9.59 Å². The molecule has 0 N–H and O–H groups in total. The zero-order valence-electron chi connectivity index (χ0n) is 12.2. The molecule has 0 radical (unpaired) electrons. The number of aryl methyl sites for hydroxylation is 1. The molecule has 5 nitrogen and oxygen atoms in total. The van der Waals surface area contributed by atoms with Crippen LogP contribution in [0.3, 0.4) is 0 Å². The second kappa shape index (κ2) is 5.94. The number of rotatable bonds is 5. The molecule has 1 heterocycles. The molecule has 2 aromatic rings. The summed E-state index contributed by atoms with van der Waals surface area (Å²) in [5.41, 5.74) is 1.75. The third-order valence-electron chi connectivity index (χ3n) is 3.31. The van der Waals surface area contributed by atoms with Crippen molar-refractivity contribution in [3.8, 4) is 0 Å². The van der Waals surface area contributed by atoms with E-state index in [1.807, 2.05) is 4.90 Å². The fourth-order valence-corrected chi connectivity index (χ4v) is 2.30. The van der Waals surface area contributed by atoms with Gasteiger partial charge >= 0.3 is 5.76 Å². The molecule has 0 unspecified atom stereocenters. The number of hydrogen-bond acceptors (Lipinski definition) is 3. The first-order valence-corrected chi connectivity index (χ1v) is 6.97. The van der Waals surface area contributed by atoms with Gasteiger partial charge in [-0.25, -0.2) is 4.79 Å². The van der Waals surface area contributed by atoms with Crippen LogP contribution in [-0.2, 0) is 7.05 Å². The molecule has 0 fully saturated rings. The van der Waals surface area contributed by atoms with Crippen LogP contribution in [0.25, 0.3) is 11.1 Å². The van der Waals surface area contributed by atoms with Crippen molar-refractivity contribution >= 4 is 17.0 Å². The quantitative estimate of drug-likeness (QED) is 0.842. The van der Waals surface area contributed by atoms with E-state index in [1.165, 1.54) is 4.57 Å². The zero-order chi connectivity index (χ0) is 14.7. The van der Waals surface area contributed by atoms with Crippen LogP contribution in [0.2, 0.25) is 0 Å². The number of amides is 1. The minimum Gasteiger partial charge on any atom is -0.408 e. The van der Waals surface area contributed by atoms with Gasteiger partial charge in [0, 0.05) is 25.7 Å². The van der Waals surface area contributed by atoms with Gasteiger partial charge in [0.05, 0.1) is 5.52 Å². The van der Waals surface area contributed by atoms with Crippen LogP contribution in [-0.4, -0.2) is 28.5 Å². The summed E-state index contributed by atoms with van der Waals surface area (Å²) in [5, 5.41) is 0. The Bertz CT molecular complexity index is 663. The lowest BCUT2D eigenvalue weighted by Crippen LogP contribution is -2.32. The standard InChI is InChI=1S/C15H20N2O3/c1-4-8-17(9-5-2)14(18)11-6-7-13-12(10-11)16(3)15(19)20-13/h6-7,10H,4-5,8-9H2,1-3H3. The van der Waals surface area contributed by atoms with Crippen molar-refractivity contribution in [2.75, 3.05) is 13.1 Å². The Labute approximate surface area is 117 Å². The molecule has 2 rings (SSSR count). The Morgan fingerprint density at radius 1 is 1.25 bits per heavy atom. The van der Waals surface area contributed by atoms with E-state index in [4.69, 9.17) is 4.42 Å². The summed E-state index contributed by atoms with van der Waals surface area (Å²) in [6.07, 6.45) is 1.86. The molecule has 0 bridgehead atoms. The Morgan fingerprint density at radius 2 is 1.90 bits per heavy atom. The number of carbonyl (C=O) groups excluding carboxylic acids is 1. The summed E-state index contributed by atoms with van der Waals surface area (Å²) in [6.45, 7) is 5.60. The van der Waals surface area contributed by atoms with Gasteiger partial charge < -0.3 is 9.32 Å². The molecule has 20 heavy (non-hydrogen) atoms. The Hall–Kier alpha value is -2.04. The smallest absolute Gasteiger partial charge is 0.408 e. The normalized spacial score (nSPS) is 10.9. The Kier molecular flexibility index (Phi) is 4.27. The second-order valence-corrected chi connectivity index (χ2v) is 4.90. The summed E-state index contributed by atoms with van der Waals surface area (Å²) >= 11 is 0. The molecule has 1 amide bonds. The van der Waals surface area contributed by atoms with Crippen LogP contribution >= 0.6 is 0 Å². The monoisotopic (exact) mass is 276 g/mol. The van der Waals surface area contributed by atoms with Gasteiger partial charge in [0.1, 0.15) is 0 Å². The maximum Gasteiger partial charge on any atom is 0.419 e. The molecule has 0 spiro atoms. The maximum absolute atomic E-state index is 12.5. The van der Waals surface area contributed by atoms with E-state index in [0.717, 1.165) is 25.9 Å². The van der Waals surface area contributed by atoms with Crippen LogP contribution in [0.5, 0.6) is 0 Å². The molecule has 0 aliphatic heterocycles. The average molecular weight is 276 g/mol. The second-order valence-electron chi connectivity index (χ2n) is 4.90. The number of nitrogens with zero attached hydrogens (tertiary/aromatic N) is 2. The molecular formula is C15H20N2O3. The highest BCUT2D eigenvalue weighted by Gasteiger charge is 2.16. The molecule has 1 aromatic heterocycles. The van der Waals surface area contributed by atoms with Crippen molar-refractivity contribution in [2.24, 2.45) is 7.05 Å². The molecule has 5 heteroatoms. The van der Waals surface area contributed by atoms with Crippen LogP contribution in [0.15, 0.2) is 27.4 Å². The summed E-state index contributed by atoms with van der Waals surface area (Å²) in [6, 6.07) is 5.12. The van der Waals surface area contributed by atoms with Crippen molar-refractivity contribution in [2.45, 2.75) is 26.7 Å². The number of fused-ring (bicyclic) bond motifs is 1. The van der Waals surface area contributed by atoms with Gasteiger partial charge in [-0.3, -0.25) is 9.36 Å². The predicted molar refractivity (Wildman–Crippen MR) is 77.9 cm³/mol. The van der Waals surface area contributed by atoms with E-state index >= 15 is 0 Å². The summed E-state index contributed by atoms with van der Waals surface area (Å²) < 4.78 is 6.48. The Morgan fingerprint density at radius 3 is 2.50 bits per heavy atom. The Balaban J connectivity index is 2.38. The fourth-order valence-electron chi connectivity index (χ4n) is 2.30. The zero-order valence-corrected chi connectivity index (χ0v) is 12.2. The number of oxazole rings is 1. The SMILES string of the molecule is CCCN(CCC)C(=O)c1ccc2oc(=O)n(C)c2c1. The molecule has 0 aliphatic carbocycles. The van der Waals surface area contributed by atoms with Crippen molar-refractivity contribution in [3.63, 3.8) is 0 Å². The van der Waals surface area contributed by atoms with Crippen molar-refractivity contribution in [1.29, 1.82) is 0 Å². The molecule has 1 aromatic carbocycles. The van der Waals surface area contributed by atoms with E-state index in [1.54, 1.807) is 25.2 Å². The fraction of sp³-hybridized carbons (Fsp3) is 0.467. The highest BCUT2D eigenvalue weighted by Crippen LogP contribution is 2.16. The molecule has 0 saturated carbocycles. The molecule has 0 saturated heterocycles. The van der Waals surface area contributed by atoms with Gasteiger partial charge in [0.25, 0.3) is 5.91 Å². The van der Waals surface area contributed by atoms with Crippen LogP contribution in [0.4, 0.5) is 0 Å². The van der Waals surface area contributed by atoms with Gasteiger partial charge in [0.15, 0.2) is 5.58 Å². The van der Waals surface area contributed by atoms with Crippen molar-refractivity contribution < 1.29 is 9.21 Å². The van der Waals surface area contributed by atoms with Gasteiger partial charge in [-0.05, 0) is 31.0 Å². The van der Waals surface area contributed by atoms with Crippen LogP contribution < -0.4 is 5.76 Å². The first kappa shape index (κ1) is 14.4. The van der Waals surface area contributed by atoms with Crippen molar-refractivity contribution in [3.05, 3.63) is 34.3 Å². The predicted octanol–water partition coefficient (Wildman–Crippen LogP) is 2.39. The molecule has 0 atom stereocenters. The van der Waals surface area contributed by atoms with Crippen LogP contribution in [0.1, 0.15) is 37.0 Å². The minimum absolute atomic E-state index is 0.00393. The largest absolute Gasteiger partial charge is 0.419 e. The van der Waals surface area contributed by atoms with E-state index in [2.05, 4.69) is 13.8 Å². The first-order valence-electron chi connectivity index (χ1n) is 6.97. The molecular weight excluding hydrogens is 256 g/mol. The molecule has 0 aliphatic rings. The van der Waals surface area contributed by atoms with E-state index in [0.29, 0.717) is 16.7 Å². The maximum atomic E-state index is 12.5. The number of aromatic nitrogens is 1. The number of hydrogen-bond donors (Lipinski definition) is 0. The number of carbonyl (C=O) groups is 1. The highest BCUT2D eigenvalue weighted by atomic mass is 16.4. The highest BCUT2D eigenvalue weighted by molar-refractivity contribution is 5.97. The third kappa shape index (κ3) is 2.61. The summed E-state index contributed by atoms with van der Waals surface area (Å²) in [7, 11) is 1.64. The number of benzene rings is 1. The van der Waals surface area contributed by atoms with E-state index < -0.39 is 5.76 Å².